The zero-order valence-corrected chi connectivity index (χ0v) is 18.9. The molecule has 1 fully saturated rings. The van der Waals surface area contributed by atoms with Crippen LogP contribution in [-0.2, 0) is 12.7 Å². The van der Waals surface area contributed by atoms with Crippen molar-refractivity contribution < 1.29 is 22.7 Å². The van der Waals surface area contributed by atoms with Gasteiger partial charge >= 0.3 is 6.18 Å². The molecule has 0 radical (unpaired) electrons. The highest BCUT2D eigenvalue weighted by Gasteiger charge is 2.36. The summed E-state index contributed by atoms with van der Waals surface area (Å²) >= 11 is 0. The number of fused-ring (bicyclic) bond motifs is 1. The highest BCUT2D eigenvalue weighted by atomic mass is 19.4. The van der Waals surface area contributed by atoms with Crippen molar-refractivity contribution in [2.75, 3.05) is 33.3 Å². The maximum absolute atomic E-state index is 13.9. The summed E-state index contributed by atoms with van der Waals surface area (Å²) in [5.74, 6) is 0.188. The van der Waals surface area contributed by atoms with Crippen molar-refractivity contribution in [2.24, 2.45) is 0 Å². The molecule has 11 heteroatoms. The average Bonchev–Trinajstić information content (AvgIpc) is 3.53. The van der Waals surface area contributed by atoms with Gasteiger partial charge in [-0.3, -0.25) is 9.69 Å². The summed E-state index contributed by atoms with van der Waals surface area (Å²) in [4.78, 5) is 24.7. The predicted octanol–water partition coefficient (Wildman–Crippen LogP) is 3.71. The van der Waals surface area contributed by atoms with Crippen LogP contribution >= 0.6 is 0 Å². The van der Waals surface area contributed by atoms with Crippen LogP contribution in [0, 0.1) is 0 Å². The Bertz CT molecular complexity index is 1320. The highest BCUT2D eigenvalue weighted by molar-refractivity contribution is 6.00. The fourth-order valence-electron chi connectivity index (χ4n) is 4.21. The topological polar surface area (TPSA) is 78.8 Å². The number of methoxy groups -OCH3 is 1. The number of nitrogens with zero attached hydrogens (tertiary/aromatic N) is 5. The normalized spacial score (nSPS) is 15.0. The molecular formula is C24H23F3N6O2. The summed E-state index contributed by atoms with van der Waals surface area (Å²) in [7, 11) is 1.51. The molecule has 1 aliphatic heterocycles. The molecule has 0 spiro atoms. The Kier molecular flexibility index (Phi) is 5.93. The van der Waals surface area contributed by atoms with E-state index < -0.39 is 11.9 Å². The molecule has 4 aromatic rings. The van der Waals surface area contributed by atoms with Gasteiger partial charge in [-0.15, -0.1) is 0 Å². The number of amides is 1. The van der Waals surface area contributed by atoms with Crippen molar-refractivity contribution in [1.82, 2.24) is 29.4 Å². The highest BCUT2D eigenvalue weighted by Crippen LogP contribution is 2.33. The van der Waals surface area contributed by atoms with Gasteiger partial charge in [-0.1, -0.05) is 0 Å². The Morgan fingerprint density at radius 2 is 1.86 bits per heavy atom. The van der Waals surface area contributed by atoms with Gasteiger partial charge < -0.3 is 14.6 Å². The van der Waals surface area contributed by atoms with Crippen LogP contribution in [0.3, 0.4) is 0 Å². The Hall–Kier alpha value is -3.86. The number of ether oxygens (including phenoxy) is 1. The number of rotatable bonds is 5. The third-order valence-electron chi connectivity index (χ3n) is 6.09. The molecule has 182 valence electrons. The van der Waals surface area contributed by atoms with Crippen LogP contribution in [-0.4, -0.2) is 68.6 Å². The lowest BCUT2D eigenvalue weighted by Gasteiger charge is -2.34. The third-order valence-corrected chi connectivity index (χ3v) is 6.09. The number of hydrogen-bond donors (Lipinski definition) is 1. The van der Waals surface area contributed by atoms with Crippen LogP contribution in [0.15, 0.2) is 54.9 Å². The summed E-state index contributed by atoms with van der Waals surface area (Å²) in [6, 6.07) is 11.4. The number of nitrogens with one attached hydrogen (secondary N) is 1. The number of carbonyl (C=O) groups is 1. The SMILES string of the molecule is COc1ccc(-c2cc(C(F)(F)F)n3ncc(C(=O)N4CCN(Cc5ccc[nH]5)CC4)c3n2)cc1. The van der Waals surface area contributed by atoms with E-state index >= 15 is 0 Å². The van der Waals surface area contributed by atoms with Crippen molar-refractivity contribution >= 4 is 11.6 Å². The Morgan fingerprint density at radius 3 is 2.49 bits per heavy atom. The van der Waals surface area contributed by atoms with Crippen molar-refractivity contribution in [1.29, 1.82) is 0 Å². The maximum atomic E-state index is 13.9. The van der Waals surface area contributed by atoms with Crippen molar-refractivity contribution in [3.63, 3.8) is 0 Å². The van der Waals surface area contributed by atoms with Gasteiger partial charge in [0.2, 0.25) is 0 Å². The first-order valence-corrected chi connectivity index (χ1v) is 11.1. The molecule has 0 saturated carbocycles. The number of aromatic amines is 1. The molecule has 0 bridgehead atoms. The van der Waals surface area contributed by atoms with E-state index in [-0.39, 0.29) is 22.8 Å². The van der Waals surface area contributed by atoms with Crippen molar-refractivity contribution in [2.45, 2.75) is 12.7 Å². The molecule has 0 unspecified atom stereocenters. The van der Waals surface area contributed by atoms with Crippen molar-refractivity contribution in [3.05, 3.63) is 71.8 Å². The zero-order valence-electron chi connectivity index (χ0n) is 18.9. The third kappa shape index (κ3) is 4.59. The van der Waals surface area contributed by atoms with E-state index in [9.17, 15) is 18.0 Å². The maximum Gasteiger partial charge on any atom is 0.433 e. The molecule has 4 heterocycles. The first kappa shape index (κ1) is 22.9. The average molecular weight is 484 g/mol. The Balaban J connectivity index is 1.44. The first-order chi connectivity index (χ1) is 16.8. The van der Waals surface area contributed by atoms with Gasteiger partial charge in [0, 0.05) is 50.2 Å². The smallest absolute Gasteiger partial charge is 0.433 e. The van der Waals surface area contributed by atoms with Gasteiger partial charge in [0.25, 0.3) is 5.91 Å². The number of halogens is 3. The quantitative estimate of drug-likeness (QED) is 0.467. The van der Waals surface area contributed by atoms with E-state index in [1.54, 1.807) is 29.2 Å². The van der Waals surface area contributed by atoms with Crippen LogP contribution in [0.1, 0.15) is 21.7 Å². The lowest BCUT2D eigenvalue weighted by atomic mass is 10.1. The van der Waals surface area contributed by atoms with E-state index in [0.717, 1.165) is 18.3 Å². The molecule has 3 aromatic heterocycles. The van der Waals surface area contributed by atoms with Gasteiger partial charge in [0.05, 0.1) is 19.0 Å². The molecule has 1 aliphatic rings. The summed E-state index contributed by atoms with van der Waals surface area (Å²) in [5.41, 5.74) is 0.577. The van der Waals surface area contributed by atoms with E-state index in [1.165, 1.54) is 13.3 Å². The lowest BCUT2D eigenvalue weighted by molar-refractivity contribution is -0.142. The van der Waals surface area contributed by atoms with E-state index in [0.29, 0.717) is 42.0 Å². The van der Waals surface area contributed by atoms with Crippen molar-refractivity contribution in [3.8, 4) is 17.0 Å². The predicted molar refractivity (Wildman–Crippen MR) is 122 cm³/mol. The molecule has 8 nitrogen and oxygen atoms in total. The number of aromatic nitrogens is 4. The second-order valence-corrected chi connectivity index (χ2v) is 8.31. The van der Waals surface area contributed by atoms with E-state index in [4.69, 9.17) is 4.74 Å². The number of piperazine rings is 1. The molecule has 0 atom stereocenters. The summed E-state index contributed by atoms with van der Waals surface area (Å²) in [6.07, 6.45) is -1.65. The molecule has 0 aliphatic carbocycles. The first-order valence-electron chi connectivity index (χ1n) is 11.1. The van der Waals surface area contributed by atoms with Crippen LogP contribution in [0.4, 0.5) is 13.2 Å². The molecule has 1 N–H and O–H groups in total. The number of hydrogen-bond acceptors (Lipinski definition) is 5. The Labute approximate surface area is 198 Å². The minimum absolute atomic E-state index is 0.0451. The summed E-state index contributed by atoms with van der Waals surface area (Å²) in [6.45, 7) is 2.97. The molecule has 35 heavy (non-hydrogen) atoms. The summed E-state index contributed by atoms with van der Waals surface area (Å²) in [5, 5.41) is 3.88. The zero-order chi connectivity index (χ0) is 24.6. The fraction of sp³-hybridized carbons (Fsp3) is 0.292. The van der Waals surface area contributed by atoms with Gasteiger partial charge in [-0.05, 0) is 42.5 Å². The number of benzene rings is 1. The lowest BCUT2D eigenvalue weighted by Crippen LogP contribution is -2.48. The largest absolute Gasteiger partial charge is 0.497 e. The van der Waals surface area contributed by atoms with E-state index in [2.05, 4.69) is 20.0 Å². The van der Waals surface area contributed by atoms with E-state index in [1.807, 2.05) is 18.3 Å². The van der Waals surface area contributed by atoms with Gasteiger partial charge in [0.15, 0.2) is 11.3 Å². The second kappa shape index (κ2) is 9.06. The number of H-pyrrole nitrogens is 1. The molecule has 1 aromatic carbocycles. The van der Waals surface area contributed by atoms with Crippen LogP contribution < -0.4 is 4.74 Å². The van der Waals surface area contributed by atoms with Gasteiger partial charge in [0.1, 0.15) is 11.3 Å². The fourth-order valence-corrected chi connectivity index (χ4v) is 4.21. The number of alkyl halides is 3. The van der Waals surface area contributed by atoms with Gasteiger partial charge in [-0.25, -0.2) is 9.50 Å². The molecular weight excluding hydrogens is 461 g/mol. The molecule has 1 saturated heterocycles. The molecule has 1 amide bonds. The Morgan fingerprint density at radius 1 is 1.11 bits per heavy atom. The standard InChI is InChI=1S/C24H23F3N6O2/c1-35-18-6-4-16(5-7-18)20-13-21(24(25,26)27)33-22(30-20)19(14-29-33)23(34)32-11-9-31(10-12-32)15-17-3-2-8-28-17/h2-8,13-14,28H,9-12,15H2,1H3. The minimum Gasteiger partial charge on any atom is -0.497 e. The van der Waals surface area contributed by atoms with Gasteiger partial charge in [-0.2, -0.15) is 18.3 Å². The van der Waals surface area contributed by atoms with Crippen LogP contribution in [0.2, 0.25) is 0 Å². The van der Waals surface area contributed by atoms with Crippen LogP contribution in [0.5, 0.6) is 5.75 Å². The second-order valence-electron chi connectivity index (χ2n) is 8.31. The summed E-state index contributed by atoms with van der Waals surface area (Å²) < 4.78 is 47.5. The minimum atomic E-state index is -4.68. The molecule has 5 rings (SSSR count). The number of carbonyl (C=O) groups excluding carboxylic acids is 1. The van der Waals surface area contributed by atoms with Crippen LogP contribution in [0.25, 0.3) is 16.9 Å². The monoisotopic (exact) mass is 484 g/mol.